The average molecular weight is 133 g/mol. The fraction of sp³-hybridized carbons (Fsp3) is 0.222. The van der Waals surface area contributed by atoms with Crippen LogP contribution in [0.3, 0.4) is 0 Å². The van der Waals surface area contributed by atoms with Gasteiger partial charge in [-0.05, 0) is 31.6 Å². The Morgan fingerprint density at radius 2 is 2.10 bits per heavy atom. The molecule has 10 heavy (non-hydrogen) atoms. The Hall–Kier alpha value is -1.11. The van der Waals surface area contributed by atoms with Crippen LogP contribution in [0.25, 0.3) is 6.08 Å². The molecule has 0 fully saturated rings. The molecule has 1 rings (SSSR count). The van der Waals surface area contributed by atoms with Crippen molar-refractivity contribution in [1.82, 2.24) is 4.98 Å². The summed E-state index contributed by atoms with van der Waals surface area (Å²) in [7, 11) is 0. The molecule has 0 aliphatic rings. The number of hydrogen-bond acceptors (Lipinski definition) is 1. The number of nitrogens with zero attached hydrogens (tertiary/aromatic N) is 1. The molecule has 0 saturated heterocycles. The summed E-state index contributed by atoms with van der Waals surface area (Å²) in [6.07, 6.45) is 1.78. The van der Waals surface area contributed by atoms with E-state index < -0.39 is 0 Å². The zero-order chi connectivity index (χ0) is 7.56. The van der Waals surface area contributed by atoms with Gasteiger partial charge in [-0.3, -0.25) is 4.98 Å². The van der Waals surface area contributed by atoms with Crippen LogP contribution in [0.4, 0.5) is 0 Å². The molecule has 0 amide bonds. The Morgan fingerprint density at radius 3 is 2.60 bits per heavy atom. The van der Waals surface area contributed by atoms with Crippen LogP contribution in [0.2, 0.25) is 0 Å². The van der Waals surface area contributed by atoms with Crippen LogP contribution in [0, 0.1) is 13.8 Å². The molecule has 1 heteroatoms. The Bertz CT molecular complexity index is 251. The fourth-order valence-corrected chi connectivity index (χ4v) is 0.853. The highest BCUT2D eigenvalue weighted by Gasteiger charge is 1.93. The molecule has 1 heterocycles. The number of hydrogen-bond donors (Lipinski definition) is 0. The first-order valence-corrected chi connectivity index (χ1v) is 3.30. The Kier molecular flexibility index (Phi) is 1.86. The predicted octanol–water partition coefficient (Wildman–Crippen LogP) is 2.34. The molecule has 1 aromatic rings. The van der Waals surface area contributed by atoms with E-state index in [4.69, 9.17) is 0 Å². The van der Waals surface area contributed by atoms with E-state index in [1.54, 1.807) is 6.08 Å². The van der Waals surface area contributed by atoms with Crippen molar-refractivity contribution in [2.45, 2.75) is 13.8 Å². The van der Waals surface area contributed by atoms with Gasteiger partial charge in [-0.25, -0.2) is 0 Å². The Morgan fingerprint density at radius 1 is 1.40 bits per heavy atom. The van der Waals surface area contributed by atoms with Gasteiger partial charge in [0, 0.05) is 5.69 Å². The summed E-state index contributed by atoms with van der Waals surface area (Å²) in [6, 6.07) is 4.06. The lowest BCUT2D eigenvalue weighted by atomic mass is 10.2. The van der Waals surface area contributed by atoms with Crippen molar-refractivity contribution in [3.63, 3.8) is 0 Å². The van der Waals surface area contributed by atoms with Crippen molar-refractivity contribution >= 4 is 6.08 Å². The van der Waals surface area contributed by atoms with E-state index in [0.29, 0.717) is 0 Å². The molecule has 1 nitrogen and oxygen atoms in total. The van der Waals surface area contributed by atoms with Gasteiger partial charge >= 0.3 is 0 Å². The highest BCUT2D eigenvalue weighted by molar-refractivity contribution is 5.46. The van der Waals surface area contributed by atoms with E-state index in [2.05, 4.69) is 17.6 Å². The van der Waals surface area contributed by atoms with Crippen LogP contribution in [-0.4, -0.2) is 4.98 Å². The standard InChI is InChI=1S/C9H11N/c1-4-9-7(2)5-6-8(3)10-9/h4-6H,1H2,2-3H3. The first-order chi connectivity index (χ1) is 4.74. The second kappa shape index (κ2) is 2.65. The Labute approximate surface area is 61.4 Å². The van der Waals surface area contributed by atoms with Gasteiger partial charge in [0.05, 0.1) is 5.69 Å². The van der Waals surface area contributed by atoms with Crippen molar-refractivity contribution in [2.24, 2.45) is 0 Å². The molecule has 0 aliphatic heterocycles. The second-order valence-corrected chi connectivity index (χ2v) is 2.36. The van der Waals surface area contributed by atoms with Gasteiger partial charge in [0.15, 0.2) is 0 Å². The minimum absolute atomic E-state index is 0.986. The monoisotopic (exact) mass is 133 g/mol. The van der Waals surface area contributed by atoms with E-state index in [9.17, 15) is 0 Å². The van der Waals surface area contributed by atoms with Gasteiger partial charge in [-0.2, -0.15) is 0 Å². The van der Waals surface area contributed by atoms with Gasteiger partial charge in [0.25, 0.3) is 0 Å². The van der Waals surface area contributed by atoms with E-state index in [1.807, 2.05) is 19.9 Å². The minimum Gasteiger partial charge on any atom is -0.254 e. The third-order valence-corrected chi connectivity index (χ3v) is 1.47. The average Bonchev–Trinajstić information content (AvgIpc) is 1.94. The van der Waals surface area contributed by atoms with Crippen LogP contribution in [-0.2, 0) is 0 Å². The number of aryl methyl sites for hydroxylation is 2. The SMILES string of the molecule is C=Cc1nc(C)ccc1C. The third kappa shape index (κ3) is 1.24. The highest BCUT2D eigenvalue weighted by Crippen LogP contribution is 2.06. The van der Waals surface area contributed by atoms with E-state index in [-0.39, 0.29) is 0 Å². The molecule has 0 saturated carbocycles. The molecule has 0 radical (unpaired) electrons. The maximum absolute atomic E-state index is 4.27. The lowest BCUT2D eigenvalue weighted by Gasteiger charge is -1.98. The molecule has 0 N–H and O–H groups in total. The summed E-state index contributed by atoms with van der Waals surface area (Å²) in [5.41, 5.74) is 3.21. The molecule has 52 valence electrons. The molecule has 0 unspecified atom stereocenters. The summed E-state index contributed by atoms with van der Waals surface area (Å²) in [4.78, 5) is 4.27. The number of aromatic nitrogens is 1. The molecule has 0 aliphatic carbocycles. The van der Waals surface area contributed by atoms with Crippen LogP contribution < -0.4 is 0 Å². The van der Waals surface area contributed by atoms with E-state index >= 15 is 0 Å². The maximum atomic E-state index is 4.27. The first kappa shape index (κ1) is 7.00. The van der Waals surface area contributed by atoms with E-state index in [1.165, 1.54) is 5.56 Å². The molecule has 0 bridgehead atoms. The smallest absolute Gasteiger partial charge is 0.0656 e. The largest absolute Gasteiger partial charge is 0.254 e. The number of rotatable bonds is 1. The minimum atomic E-state index is 0.986. The third-order valence-electron chi connectivity index (χ3n) is 1.47. The van der Waals surface area contributed by atoms with Crippen LogP contribution in [0.5, 0.6) is 0 Å². The molecule has 0 aromatic carbocycles. The lowest BCUT2D eigenvalue weighted by Crippen LogP contribution is -1.87. The summed E-state index contributed by atoms with van der Waals surface area (Å²) < 4.78 is 0. The Balaban J connectivity index is 3.21. The van der Waals surface area contributed by atoms with Gasteiger partial charge in [-0.1, -0.05) is 12.6 Å². The quantitative estimate of drug-likeness (QED) is 0.573. The van der Waals surface area contributed by atoms with Gasteiger partial charge in [-0.15, -0.1) is 0 Å². The molecule has 0 spiro atoms. The lowest BCUT2D eigenvalue weighted by molar-refractivity contribution is 1.15. The van der Waals surface area contributed by atoms with Crippen LogP contribution in [0.15, 0.2) is 18.7 Å². The first-order valence-electron chi connectivity index (χ1n) is 3.30. The molecular weight excluding hydrogens is 122 g/mol. The fourth-order valence-electron chi connectivity index (χ4n) is 0.853. The normalized spacial score (nSPS) is 9.40. The van der Waals surface area contributed by atoms with Crippen molar-refractivity contribution < 1.29 is 0 Å². The topological polar surface area (TPSA) is 12.9 Å². The maximum Gasteiger partial charge on any atom is 0.0656 e. The number of pyridine rings is 1. The summed E-state index contributed by atoms with van der Waals surface area (Å²) in [5, 5.41) is 0. The van der Waals surface area contributed by atoms with Crippen LogP contribution in [0.1, 0.15) is 17.0 Å². The summed E-state index contributed by atoms with van der Waals surface area (Å²) in [5.74, 6) is 0. The van der Waals surface area contributed by atoms with Crippen molar-refractivity contribution in [2.75, 3.05) is 0 Å². The molecular formula is C9H11N. The molecule has 0 atom stereocenters. The van der Waals surface area contributed by atoms with Crippen LogP contribution >= 0.6 is 0 Å². The van der Waals surface area contributed by atoms with Crippen molar-refractivity contribution in [3.05, 3.63) is 35.7 Å². The zero-order valence-corrected chi connectivity index (χ0v) is 6.39. The van der Waals surface area contributed by atoms with Gasteiger partial charge < -0.3 is 0 Å². The van der Waals surface area contributed by atoms with Crippen molar-refractivity contribution in [3.8, 4) is 0 Å². The summed E-state index contributed by atoms with van der Waals surface area (Å²) in [6.45, 7) is 7.68. The second-order valence-electron chi connectivity index (χ2n) is 2.36. The van der Waals surface area contributed by atoms with Gasteiger partial charge in [0.1, 0.15) is 0 Å². The van der Waals surface area contributed by atoms with Gasteiger partial charge in [0.2, 0.25) is 0 Å². The van der Waals surface area contributed by atoms with E-state index in [0.717, 1.165) is 11.4 Å². The van der Waals surface area contributed by atoms with Crippen molar-refractivity contribution in [1.29, 1.82) is 0 Å². The highest BCUT2D eigenvalue weighted by atomic mass is 14.7. The zero-order valence-electron chi connectivity index (χ0n) is 6.39. The molecule has 1 aromatic heterocycles. The summed E-state index contributed by atoms with van der Waals surface area (Å²) >= 11 is 0. The predicted molar refractivity (Wildman–Crippen MR) is 43.8 cm³/mol.